The summed E-state index contributed by atoms with van der Waals surface area (Å²) >= 11 is 0. The molecular weight excluding hydrogens is 432 g/mol. The van der Waals surface area contributed by atoms with Gasteiger partial charge in [0.25, 0.3) is 0 Å². The molecule has 3 heterocycles. The first-order valence-electron chi connectivity index (χ1n) is 11.7. The molecule has 2 N–H and O–H groups in total. The molecule has 8 heteroatoms. The van der Waals surface area contributed by atoms with Crippen LogP contribution < -0.4 is 10.6 Å². The van der Waals surface area contributed by atoms with Crippen LogP contribution in [0.15, 0.2) is 42.6 Å². The van der Waals surface area contributed by atoms with Gasteiger partial charge in [-0.15, -0.1) is 0 Å². The van der Waals surface area contributed by atoms with Gasteiger partial charge < -0.3 is 24.7 Å². The summed E-state index contributed by atoms with van der Waals surface area (Å²) in [7, 11) is 1.35. The van der Waals surface area contributed by atoms with Crippen molar-refractivity contribution in [2.75, 3.05) is 37.5 Å². The summed E-state index contributed by atoms with van der Waals surface area (Å²) < 4.78 is 12.4. The Hall–Kier alpha value is -3.39. The first-order valence-corrected chi connectivity index (χ1v) is 11.7. The second kappa shape index (κ2) is 10.7. The Morgan fingerprint density at radius 2 is 2.06 bits per heavy atom. The van der Waals surface area contributed by atoms with Crippen LogP contribution >= 0.6 is 0 Å². The molecular formula is C26H32N4O4. The molecule has 1 aliphatic heterocycles. The maximum Gasteiger partial charge on any atom is 0.356 e. The fourth-order valence-corrected chi connectivity index (χ4v) is 4.15. The zero-order chi connectivity index (χ0) is 24.1. The molecule has 8 nitrogen and oxygen atoms in total. The number of hydrogen-bond donors (Lipinski definition) is 2. The highest BCUT2D eigenvalue weighted by Gasteiger charge is 2.29. The van der Waals surface area contributed by atoms with E-state index in [0.717, 1.165) is 17.8 Å². The van der Waals surface area contributed by atoms with Gasteiger partial charge in [-0.05, 0) is 30.4 Å². The zero-order valence-electron chi connectivity index (χ0n) is 20.0. The minimum absolute atomic E-state index is 0.162. The number of carbonyl (C=O) groups excluding carboxylic acids is 2. The minimum atomic E-state index is -0.513. The summed E-state index contributed by atoms with van der Waals surface area (Å²) in [6.45, 7) is 6.50. The fraction of sp³-hybridized carbons (Fsp3) is 0.423. The van der Waals surface area contributed by atoms with Crippen LogP contribution in [0.4, 0.5) is 11.4 Å². The molecule has 1 fully saturated rings. The van der Waals surface area contributed by atoms with Crippen molar-refractivity contribution in [3.63, 3.8) is 0 Å². The lowest BCUT2D eigenvalue weighted by atomic mass is 10.1. The topological polar surface area (TPSA) is 94.5 Å². The van der Waals surface area contributed by atoms with Crippen LogP contribution in [0.3, 0.4) is 0 Å². The summed E-state index contributed by atoms with van der Waals surface area (Å²) in [6, 6.07) is 12.0. The first-order chi connectivity index (χ1) is 16.5. The first kappa shape index (κ1) is 23.8. The van der Waals surface area contributed by atoms with Crippen LogP contribution in [-0.2, 0) is 27.2 Å². The number of esters is 1. The lowest BCUT2D eigenvalue weighted by Gasteiger charge is -2.12. The molecule has 0 bridgehead atoms. The predicted octanol–water partition coefficient (Wildman–Crippen LogP) is 4.11. The number of hydrogen-bond acceptors (Lipinski definition) is 6. The molecule has 0 aliphatic carbocycles. The minimum Gasteiger partial charge on any atom is -0.464 e. The third-order valence-corrected chi connectivity index (χ3v) is 6.01. The second-order valence-electron chi connectivity index (χ2n) is 9.02. The average Bonchev–Trinajstić information content (AvgIpc) is 3.49. The van der Waals surface area contributed by atoms with Crippen LogP contribution in [0.5, 0.6) is 0 Å². The maximum absolute atomic E-state index is 13.0. The third-order valence-electron chi connectivity index (χ3n) is 6.01. The molecule has 0 spiro atoms. The number of pyridine rings is 1. The number of amides is 1. The number of methoxy groups -OCH3 is 1. The number of nitrogens with one attached hydrogen (secondary N) is 2. The van der Waals surface area contributed by atoms with Crippen molar-refractivity contribution in [1.82, 2.24) is 9.55 Å². The van der Waals surface area contributed by atoms with E-state index in [1.54, 1.807) is 6.20 Å². The molecule has 1 amide bonds. The van der Waals surface area contributed by atoms with E-state index < -0.39 is 5.97 Å². The van der Waals surface area contributed by atoms with Crippen molar-refractivity contribution in [3.05, 3.63) is 53.9 Å². The zero-order valence-corrected chi connectivity index (χ0v) is 20.0. The van der Waals surface area contributed by atoms with Crippen molar-refractivity contribution in [3.8, 4) is 0 Å². The van der Waals surface area contributed by atoms with Crippen LogP contribution in [-0.4, -0.2) is 48.3 Å². The fourth-order valence-electron chi connectivity index (χ4n) is 4.15. The number of ether oxygens (including phenoxy) is 2. The van der Waals surface area contributed by atoms with Crippen molar-refractivity contribution >= 4 is 34.3 Å². The number of carbonyl (C=O) groups is 2. The number of fused-ring (bicyclic) bond motifs is 1. The Balaban J connectivity index is 1.78. The number of rotatable bonds is 9. The molecule has 180 valence electrons. The highest BCUT2D eigenvalue weighted by molar-refractivity contribution is 6.11. The van der Waals surface area contributed by atoms with Gasteiger partial charge in [0.2, 0.25) is 5.91 Å². The molecule has 3 aromatic rings. The molecule has 34 heavy (non-hydrogen) atoms. The van der Waals surface area contributed by atoms with E-state index in [1.165, 1.54) is 7.11 Å². The molecule has 0 radical (unpaired) electrons. The molecule has 2 aromatic heterocycles. The highest BCUT2D eigenvalue weighted by Crippen LogP contribution is 2.33. The van der Waals surface area contributed by atoms with Crippen molar-refractivity contribution in [2.24, 2.45) is 11.8 Å². The predicted molar refractivity (Wildman–Crippen MR) is 132 cm³/mol. The van der Waals surface area contributed by atoms with E-state index in [4.69, 9.17) is 14.5 Å². The normalized spacial score (nSPS) is 15.6. The molecule has 1 saturated heterocycles. The maximum atomic E-state index is 13.0. The van der Waals surface area contributed by atoms with Crippen molar-refractivity contribution in [2.45, 2.75) is 33.2 Å². The van der Waals surface area contributed by atoms with Crippen LogP contribution in [0.1, 0.15) is 36.3 Å². The molecule has 1 atom stereocenters. The standard InChI is InChI=1S/C26H32N4O4/c1-17(2)14-27-20-13-21-22(29-25(31)19-10-12-34-16-19)23(26(32)33-3)30(24(21)28-15-20)11-9-18-7-5-4-6-8-18/h4-8,13,15,17,19,27H,9-12,14,16H2,1-3H3,(H,29,31). The van der Waals surface area contributed by atoms with E-state index in [1.807, 2.05) is 41.0 Å². The Labute approximate surface area is 199 Å². The molecule has 4 rings (SSSR count). The van der Waals surface area contributed by atoms with Crippen LogP contribution in [0.25, 0.3) is 11.0 Å². The van der Waals surface area contributed by atoms with Crippen LogP contribution in [0, 0.1) is 11.8 Å². The van der Waals surface area contributed by atoms with E-state index in [2.05, 4.69) is 24.5 Å². The number of benzene rings is 1. The third kappa shape index (κ3) is 5.22. The number of aromatic nitrogens is 2. The van der Waals surface area contributed by atoms with Gasteiger partial charge in [-0.25, -0.2) is 9.78 Å². The summed E-state index contributed by atoms with van der Waals surface area (Å²) in [5.41, 5.74) is 3.34. The Kier molecular flexibility index (Phi) is 7.47. The molecule has 1 unspecified atom stereocenters. The summed E-state index contributed by atoms with van der Waals surface area (Å²) in [5.74, 6) is -0.465. The van der Waals surface area contributed by atoms with Gasteiger partial charge in [0.1, 0.15) is 5.65 Å². The molecule has 1 aliphatic rings. The van der Waals surface area contributed by atoms with Gasteiger partial charge in [-0.3, -0.25) is 4.79 Å². The van der Waals surface area contributed by atoms with Crippen LogP contribution in [0.2, 0.25) is 0 Å². The summed E-state index contributed by atoms with van der Waals surface area (Å²) in [6.07, 6.45) is 3.13. The van der Waals surface area contributed by atoms with Gasteiger partial charge in [-0.2, -0.15) is 0 Å². The average molecular weight is 465 g/mol. The second-order valence-corrected chi connectivity index (χ2v) is 9.02. The van der Waals surface area contributed by atoms with Gasteiger partial charge in [-0.1, -0.05) is 44.2 Å². The Morgan fingerprint density at radius 3 is 2.74 bits per heavy atom. The highest BCUT2D eigenvalue weighted by atomic mass is 16.5. The van der Waals surface area contributed by atoms with Gasteiger partial charge in [0.15, 0.2) is 5.69 Å². The lowest BCUT2D eigenvalue weighted by Crippen LogP contribution is -2.24. The number of nitrogens with zero attached hydrogens (tertiary/aromatic N) is 2. The SMILES string of the molecule is COC(=O)c1c(NC(=O)C2CCOC2)c2cc(NCC(C)C)cnc2n1CCc1ccccc1. The van der Waals surface area contributed by atoms with E-state index in [9.17, 15) is 9.59 Å². The largest absolute Gasteiger partial charge is 0.464 e. The van der Waals surface area contributed by atoms with Gasteiger partial charge in [0, 0.05) is 25.1 Å². The Bertz CT molecular complexity index is 1150. The Morgan fingerprint density at radius 1 is 1.26 bits per heavy atom. The molecule has 1 aromatic carbocycles. The molecule has 0 saturated carbocycles. The monoisotopic (exact) mass is 464 g/mol. The van der Waals surface area contributed by atoms with E-state index in [0.29, 0.717) is 60.9 Å². The van der Waals surface area contributed by atoms with Crippen molar-refractivity contribution in [1.29, 1.82) is 0 Å². The number of aryl methyl sites for hydroxylation is 2. The smallest absolute Gasteiger partial charge is 0.356 e. The summed E-state index contributed by atoms with van der Waals surface area (Å²) in [4.78, 5) is 30.7. The van der Waals surface area contributed by atoms with E-state index >= 15 is 0 Å². The number of anilines is 2. The van der Waals surface area contributed by atoms with Crippen molar-refractivity contribution < 1.29 is 19.1 Å². The van der Waals surface area contributed by atoms with Gasteiger partial charge in [0.05, 0.1) is 37.2 Å². The quantitative estimate of drug-likeness (QED) is 0.463. The lowest BCUT2D eigenvalue weighted by molar-refractivity contribution is -0.119. The van der Waals surface area contributed by atoms with E-state index in [-0.39, 0.29) is 11.8 Å². The van der Waals surface area contributed by atoms with Gasteiger partial charge >= 0.3 is 5.97 Å². The summed E-state index contributed by atoms with van der Waals surface area (Å²) in [5, 5.41) is 7.10.